The lowest BCUT2D eigenvalue weighted by Crippen LogP contribution is -2.24. The molecule has 0 radical (unpaired) electrons. The highest BCUT2D eigenvalue weighted by molar-refractivity contribution is 5.98. The zero-order valence-corrected chi connectivity index (χ0v) is 12.8. The lowest BCUT2D eigenvalue weighted by Gasteiger charge is -2.20. The second-order valence-corrected chi connectivity index (χ2v) is 5.33. The van der Waals surface area contributed by atoms with Crippen molar-refractivity contribution in [2.24, 2.45) is 5.92 Å². The highest BCUT2D eigenvalue weighted by atomic mass is 16.5. The summed E-state index contributed by atoms with van der Waals surface area (Å²) in [5.74, 6) is 0.678. The number of hydrogen-bond donors (Lipinski definition) is 1. The summed E-state index contributed by atoms with van der Waals surface area (Å²) in [6.07, 6.45) is 2.24. The number of rotatable bonds is 5. The molecule has 1 N–H and O–H groups in total. The number of amides is 2. The fraction of sp³-hybridized carbons (Fsp3) is 0.500. The van der Waals surface area contributed by atoms with Crippen LogP contribution < -0.4 is 15.0 Å². The molecule has 1 heterocycles. The van der Waals surface area contributed by atoms with Crippen LogP contribution in [-0.2, 0) is 9.59 Å². The summed E-state index contributed by atoms with van der Waals surface area (Å²) in [5, 5.41) is 2.87. The highest BCUT2D eigenvalue weighted by Crippen LogP contribution is 2.33. The van der Waals surface area contributed by atoms with Crippen molar-refractivity contribution in [2.45, 2.75) is 33.1 Å². The lowest BCUT2D eigenvalue weighted by molar-refractivity contribution is -0.119. The number of carbonyl (C=O) groups is 2. The van der Waals surface area contributed by atoms with Gasteiger partial charge in [0.05, 0.1) is 12.8 Å². The van der Waals surface area contributed by atoms with Gasteiger partial charge < -0.3 is 15.0 Å². The summed E-state index contributed by atoms with van der Waals surface area (Å²) in [5.41, 5.74) is 1.45. The van der Waals surface area contributed by atoms with Crippen LogP contribution in [0.4, 0.5) is 11.4 Å². The number of benzene rings is 1. The summed E-state index contributed by atoms with van der Waals surface area (Å²) < 4.78 is 5.37. The molecule has 1 aliphatic rings. The van der Waals surface area contributed by atoms with Gasteiger partial charge in [-0.15, -0.1) is 0 Å². The lowest BCUT2D eigenvalue weighted by atomic mass is 10.1. The SMILES string of the molecule is CC[C@H](C)C(=O)Nc1ccc(N2CCCC2=O)c(OC)c1. The van der Waals surface area contributed by atoms with Crippen LogP contribution >= 0.6 is 0 Å². The smallest absolute Gasteiger partial charge is 0.227 e. The van der Waals surface area contributed by atoms with Crippen molar-refractivity contribution < 1.29 is 14.3 Å². The van der Waals surface area contributed by atoms with E-state index >= 15 is 0 Å². The summed E-state index contributed by atoms with van der Waals surface area (Å²) >= 11 is 0. The molecule has 2 rings (SSSR count). The van der Waals surface area contributed by atoms with Crippen molar-refractivity contribution in [1.29, 1.82) is 0 Å². The largest absolute Gasteiger partial charge is 0.494 e. The van der Waals surface area contributed by atoms with Gasteiger partial charge in [0.15, 0.2) is 0 Å². The molecule has 1 aliphatic heterocycles. The number of nitrogens with zero attached hydrogens (tertiary/aromatic N) is 1. The van der Waals surface area contributed by atoms with E-state index in [1.165, 1.54) is 0 Å². The van der Waals surface area contributed by atoms with E-state index in [-0.39, 0.29) is 17.7 Å². The Bertz CT molecular complexity index is 542. The Morgan fingerprint density at radius 2 is 2.24 bits per heavy atom. The van der Waals surface area contributed by atoms with Crippen molar-refractivity contribution in [3.63, 3.8) is 0 Å². The summed E-state index contributed by atoms with van der Waals surface area (Å²) in [4.78, 5) is 25.5. The van der Waals surface area contributed by atoms with Crippen molar-refractivity contribution in [2.75, 3.05) is 23.9 Å². The fourth-order valence-corrected chi connectivity index (χ4v) is 2.33. The predicted octanol–water partition coefficient (Wildman–Crippen LogP) is 2.81. The van der Waals surface area contributed by atoms with E-state index in [9.17, 15) is 9.59 Å². The number of nitrogens with one attached hydrogen (secondary N) is 1. The molecule has 0 aliphatic carbocycles. The number of methoxy groups -OCH3 is 1. The maximum Gasteiger partial charge on any atom is 0.227 e. The topological polar surface area (TPSA) is 58.6 Å². The second kappa shape index (κ2) is 6.61. The van der Waals surface area contributed by atoms with E-state index in [0.717, 1.165) is 18.5 Å². The molecule has 2 amide bonds. The molecule has 0 spiro atoms. The molecule has 0 bridgehead atoms. The molecule has 0 unspecified atom stereocenters. The van der Waals surface area contributed by atoms with Crippen molar-refractivity contribution in [3.8, 4) is 5.75 Å². The normalized spacial score (nSPS) is 16.0. The van der Waals surface area contributed by atoms with Crippen LogP contribution in [0.3, 0.4) is 0 Å². The average Bonchev–Trinajstić information content (AvgIpc) is 2.92. The molecule has 1 saturated heterocycles. The highest BCUT2D eigenvalue weighted by Gasteiger charge is 2.24. The van der Waals surface area contributed by atoms with Gasteiger partial charge in [-0.3, -0.25) is 9.59 Å². The van der Waals surface area contributed by atoms with Gasteiger partial charge in [0.2, 0.25) is 11.8 Å². The number of ether oxygens (including phenoxy) is 1. The Morgan fingerprint density at radius 1 is 1.48 bits per heavy atom. The van der Waals surface area contributed by atoms with E-state index in [1.54, 1.807) is 18.1 Å². The first-order valence-corrected chi connectivity index (χ1v) is 7.36. The first-order chi connectivity index (χ1) is 10.1. The molecule has 1 fully saturated rings. The zero-order chi connectivity index (χ0) is 15.4. The fourth-order valence-electron chi connectivity index (χ4n) is 2.33. The molecule has 1 aromatic carbocycles. The first-order valence-electron chi connectivity index (χ1n) is 7.36. The van der Waals surface area contributed by atoms with Crippen LogP contribution in [0.2, 0.25) is 0 Å². The predicted molar refractivity (Wildman–Crippen MR) is 82.7 cm³/mol. The minimum Gasteiger partial charge on any atom is -0.494 e. The molecule has 21 heavy (non-hydrogen) atoms. The Kier molecular flexibility index (Phi) is 4.83. The second-order valence-electron chi connectivity index (χ2n) is 5.33. The van der Waals surface area contributed by atoms with Crippen LogP contribution in [-0.4, -0.2) is 25.5 Å². The molecule has 0 aromatic heterocycles. The summed E-state index contributed by atoms with van der Waals surface area (Å²) in [7, 11) is 1.57. The average molecular weight is 290 g/mol. The van der Waals surface area contributed by atoms with Gasteiger partial charge in [-0.1, -0.05) is 13.8 Å². The molecule has 114 valence electrons. The maximum absolute atomic E-state index is 11.9. The van der Waals surface area contributed by atoms with Crippen molar-refractivity contribution >= 4 is 23.2 Å². The van der Waals surface area contributed by atoms with Gasteiger partial charge in [0.1, 0.15) is 5.75 Å². The van der Waals surface area contributed by atoms with E-state index in [0.29, 0.717) is 24.4 Å². The molecule has 1 atom stereocenters. The van der Waals surface area contributed by atoms with E-state index in [2.05, 4.69) is 5.32 Å². The standard InChI is InChI=1S/C16H22N2O3/c1-4-11(2)16(20)17-12-7-8-13(14(10-12)21-3)18-9-5-6-15(18)19/h7-8,10-11H,4-6,9H2,1-3H3,(H,17,20)/t11-/m0/s1. The molecule has 5 heteroatoms. The Labute approximate surface area is 125 Å². The van der Waals surface area contributed by atoms with Crippen LogP contribution in [0.5, 0.6) is 5.75 Å². The van der Waals surface area contributed by atoms with Crippen molar-refractivity contribution in [3.05, 3.63) is 18.2 Å². The van der Waals surface area contributed by atoms with E-state index in [1.807, 2.05) is 26.0 Å². The summed E-state index contributed by atoms with van der Waals surface area (Å²) in [6.45, 7) is 4.59. The van der Waals surface area contributed by atoms with Crippen LogP contribution in [0.25, 0.3) is 0 Å². The van der Waals surface area contributed by atoms with Gasteiger partial charge >= 0.3 is 0 Å². The Balaban J connectivity index is 2.20. The van der Waals surface area contributed by atoms with Crippen LogP contribution in [0, 0.1) is 5.92 Å². The third-order valence-corrected chi connectivity index (χ3v) is 3.87. The first kappa shape index (κ1) is 15.4. The van der Waals surface area contributed by atoms with Crippen molar-refractivity contribution in [1.82, 2.24) is 0 Å². The van der Waals surface area contributed by atoms with Gasteiger partial charge in [-0.25, -0.2) is 0 Å². The minimum absolute atomic E-state index is 0.00967. The summed E-state index contributed by atoms with van der Waals surface area (Å²) in [6, 6.07) is 5.40. The number of anilines is 2. The molecule has 1 aromatic rings. The van der Waals surface area contributed by atoms with Gasteiger partial charge in [0.25, 0.3) is 0 Å². The third kappa shape index (κ3) is 3.35. The van der Waals surface area contributed by atoms with Crippen LogP contribution in [0.1, 0.15) is 33.1 Å². The van der Waals surface area contributed by atoms with Gasteiger partial charge in [-0.05, 0) is 25.0 Å². The Morgan fingerprint density at radius 3 is 2.81 bits per heavy atom. The molecule has 5 nitrogen and oxygen atoms in total. The van der Waals surface area contributed by atoms with Gasteiger partial charge in [0, 0.05) is 30.6 Å². The van der Waals surface area contributed by atoms with Gasteiger partial charge in [-0.2, -0.15) is 0 Å². The molecule has 0 saturated carbocycles. The minimum atomic E-state index is -0.0316. The molecular formula is C16H22N2O3. The third-order valence-electron chi connectivity index (χ3n) is 3.87. The molecular weight excluding hydrogens is 268 g/mol. The van der Waals surface area contributed by atoms with Crippen LogP contribution in [0.15, 0.2) is 18.2 Å². The Hall–Kier alpha value is -2.04. The van der Waals surface area contributed by atoms with E-state index < -0.39 is 0 Å². The number of hydrogen-bond acceptors (Lipinski definition) is 3. The monoisotopic (exact) mass is 290 g/mol. The quantitative estimate of drug-likeness (QED) is 0.907. The maximum atomic E-state index is 11.9. The zero-order valence-electron chi connectivity index (χ0n) is 12.8. The number of carbonyl (C=O) groups excluding carboxylic acids is 2. The van der Waals surface area contributed by atoms with E-state index in [4.69, 9.17) is 4.74 Å².